The average molecular weight is 225 g/mol. The van der Waals surface area contributed by atoms with E-state index in [4.69, 9.17) is 15.0 Å². The van der Waals surface area contributed by atoms with Gasteiger partial charge in [-0.3, -0.25) is 0 Å². The van der Waals surface area contributed by atoms with Gasteiger partial charge in [-0.1, -0.05) is 12.1 Å². The smallest absolute Gasteiger partial charge is 0.243 e. The zero-order valence-corrected chi connectivity index (χ0v) is 9.69. The Balaban J connectivity index is 1.91. The minimum absolute atomic E-state index is 0.145. The molecule has 16 heavy (non-hydrogen) atoms. The van der Waals surface area contributed by atoms with Gasteiger partial charge in [0.2, 0.25) is 5.89 Å². The summed E-state index contributed by atoms with van der Waals surface area (Å²) in [4.78, 5) is 4.29. The third-order valence-electron chi connectivity index (χ3n) is 2.93. The van der Waals surface area contributed by atoms with E-state index in [1.165, 1.54) is 6.42 Å². The minimum atomic E-state index is -0.145. The van der Waals surface area contributed by atoms with Gasteiger partial charge in [0.15, 0.2) is 5.82 Å². The van der Waals surface area contributed by atoms with Crippen LogP contribution < -0.4 is 5.73 Å². The first-order valence-corrected chi connectivity index (χ1v) is 5.99. The monoisotopic (exact) mass is 225 g/mol. The largest absolute Gasteiger partial charge is 0.378 e. The van der Waals surface area contributed by atoms with Gasteiger partial charge >= 0.3 is 0 Å². The molecule has 0 aromatic carbocycles. The molecule has 2 heterocycles. The van der Waals surface area contributed by atoms with Crippen LogP contribution >= 0.6 is 0 Å². The Kier molecular flexibility index (Phi) is 3.90. The summed E-state index contributed by atoms with van der Waals surface area (Å²) in [6, 6.07) is -0.145. The summed E-state index contributed by atoms with van der Waals surface area (Å²) in [7, 11) is 0. The quantitative estimate of drug-likeness (QED) is 0.842. The Morgan fingerprint density at radius 1 is 1.50 bits per heavy atom. The molecule has 1 aromatic rings. The van der Waals surface area contributed by atoms with Gasteiger partial charge in [-0.05, 0) is 25.7 Å². The lowest BCUT2D eigenvalue weighted by Crippen LogP contribution is -2.22. The summed E-state index contributed by atoms with van der Waals surface area (Å²) in [6.45, 7) is 2.85. The first-order valence-electron chi connectivity index (χ1n) is 5.99. The van der Waals surface area contributed by atoms with Gasteiger partial charge in [0, 0.05) is 13.0 Å². The molecule has 1 aromatic heterocycles. The zero-order chi connectivity index (χ0) is 11.4. The second-order valence-corrected chi connectivity index (χ2v) is 4.26. The molecule has 0 spiro atoms. The second kappa shape index (κ2) is 5.41. The molecule has 1 unspecified atom stereocenters. The molecule has 5 nitrogen and oxygen atoms in total. The molecule has 1 fully saturated rings. The maximum absolute atomic E-state index is 5.81. The molecule has 1 saturated heterocycles. The molecule has 90 valence electrons. The Morgan fingerprint density at radius 2 is 2.38 bits per heavy atom. The van der Waals surface area contributed by atoms with E-state index in [2.05, 4.69) is 10.1 Å². The van der Waals surface area contributed by atoms with Crippen LogP contribution in [-0.2, 0) is 11.2 Å². The SMILES string of the molecule is CC[C@@H](N)c1nc(CC2CCCCO2)no1. The van der Waals surface area contributed by atoms with E-state index in [9.17, 15) is 0 Å². The van der Waals surface area contributed by atoms with E-state index in [-0.39, 0.29) is 12.1 Å². The topological polar surface area (TPSA) is 74.2 Å². The lowest BCUT2D eigenvalue weighted by atomic mass is 10.1. The van der Waals surface area contributed by atoms with Gasteiger partial charge < -0.3 is 15.0 Å². The highest BCUT2D eigenvalue weighted by atomic mass is 16.5. The van der Waals surface area contributed by atoms with Crippen molar-refractivity contribution in [2.45, 2.75) is 51.2 Å². The number of nitrogens with zero attached hydrogens (tertiary/aromatic N) is 2. The van der Waals surface area contributed by atoms with E-state index < -0.39 is 0 Å². The molecule has 0 aliphatic carbocycles. The van der Waals surface area contributed by atoms with Crippen LogP contribution in [0.1, 0.15) is 50.4 Å². The van der Waals surface area contributed by atoms with Gasteiger partial charge in [0.1, 0.15) is 0 Å². The fraction of sp³-hybridized carbons (Fsp3) is 0.818. The van der Waals surface area contributed by atoms with Crippen LogP contribution in [0.4, 0.5) is 0 Å². The Hall–Kier alpha value is -0.940. The summed E-state index contributed by atoms with van der Waals surface area (Å²) in [6.07, 6.45) is 5.26. The van der Waals surface area contributed by atoms with E-state index in [1.807, 2.05) is 6.92 Å². The molecule has 0 bridgehead atoms. The summed E-state index contributed by atoms with van der Waals surface area (Å²) >= 11 is 0. The normalized spacial score (nSPS) is 23.2. The third-order valence-corrected chi connectivity index (χ3v) is 2.93. The van der Waals surface area contributed by atoms with Gasteiger partial charge in [0.25, 0.3) is 0 Å². The van der Waals surface area contributed by atoms with Crippen LogP contribution in [0.2, 0.25) is 0 Å². The van der Waals surface area contributed by atoms with Crippen LogP contribution in [0.15, 0.2) is 4.52 Å². The molecule has 1 aliphatic rings. The molecular weight excluding hydrogens is 206 g/mol. The molecule has 2 N–H and O–H groups in total. The van der Waals surface area contributed by atoms with Gasteiger partial charge in [0.05, 0.1) is 12.1 Å². The zero-order valence-electron chi connectivity index (χ0n) is 9.69. The van der Waals surface area contributed by atoms with E-state index in [0.717, 1.165) is 32.3 Å². The summed E-state index contributed by atoms with van der Waals surface area (Å²) in [5, 5.41) is 3.93. The lowest BCUT2D eigenvalue weighted by Gasteiger charge is -2.20. The fourth-order valence-electron chi connectivity index (χ4n) is 1.85. The van der Waals surface area contributed by atoms with Crippen LogP contribution in [0.5, 0.6) is 0 Å². The second-order valence-electron chi connectivity index (χ2n) is 4.26. The highest BCUT2D eigenvalue weighted by Gasteiger charge is 2.19. The van der Waals surface area contributed by atoms with E-state index in [0.29, 0.717) is 11.7 Å². The first kappa shape index (κ1) is 11.5. The molecular formula is C11H19N3O2. The van der Waals surface area contributed by atoms with Crippen molar-refractivity contribution in [3.8, 4) is 0 Å². The molecule has 2 atom stereocenters. The predicted octanol–water partition coefficient (Wildman–Crippen LogP) is 1.59. The number of hydrogen-bond acceptors (Lipinski definition) is 5. The number of rotatable bonds is 4. The van der Waals surface area contributed by atoms with Crippen molar-refractivity contribution in [3.63, 3.8) is 0 Å². The van der Waals surface area contributed by atoms with Crippen LogP contribution in [-0.4, -0.2) is 22.9 Å². The van der Waals surface area contributed by atoms with Crippen molar-refractivity contribution in [2.75, 3.05) is 6.61 Å². The summed E-state index contributed by atoms with van der Waals surface area (Å²) in [5.41, 5.74) is 5.81. The third kappa shape index (κ3) is 2.80. The van der Waals surface area contributed by atoms with Gasteiger partial charge in [-0.15, -0.1) is 0 Å². The Labute approximate surface area is 95.3 Å². The molecule has 0 radical (unpaired) electrons. The van der Waals surface area contributed by atoms with Crippen molar-refractivity contribution in [3.05, 3.63) is 11.7 Å². The predicted molar refractivity (Wildman–Crippen MR) is 58.8 cm³/mol. The van der Waals surface area contributed by atoms with Crippen LogP contribution in [0.25, 0.3) is 0 Å². The average Bonchev–Trinajstić information content (AvgIpc) is 2.78. The van der Waals surface area contributed by atoms with E-state index in [1.54, 1.807) is 0 Å². The molecule has 1 aliphatic heterocycles. The lowest BCUT2D eigenvalue weighted by molar-refractivity contribution is 0.0153. The Bertz CT molecular complexity index is 321. The van der Waals surface area contributed by atoms with Crippen molar-refractivity contribution in [1.82, 2.24) is 10.1 Å². The highest BCUT2D eigenvalue weighted by molar-refractivity contribution is 4.93. The van der Waals surface area contributed by atoms with E-state index >= 15 is 0 Å². The standard InChI is InChI=1S/C11H19N3O2/c1-2-9(12)11-13-10(14-16-11)7-8-5-3-4-6-15-8/h8-9H,2-7,12H2,1H3/t8?,9-/m1/s1. The minimum Gasteiger partial charge on any atom is -0.378 e. The fourth-order valence-corrected chi connectivity index (χ4v) is 1.85. The number of hydrogen-bond donors (Lipinski definition) is 1. The van der Waals surface area contributed by atoms with Crippen molar-refractivity contribution in [2.24, 2.45) is 5.73 Å². The molecule has 0 saturated carbocycles. The summed E-state index contributed by atoms with van der Waals surface area (Å²) in [5.74, 6) is 1.25. The molecule has 0 amide bonds. The summed E-state index contributed by atoms with van der Waals surface area (Å²) < 4.78 is 10.7. The Morgan fingerprint density at radius 3 is 3.06 bits per heavy atom. The molecule has 2 rings (SSSR count). The number of aromatic nitrogens is 2. The molecule has 5 heteroatoms. The maximum Gasteiger partial charge on any atom is 0.243 e. The number of ether oxygens (including phenoxy) is 1. The van der Waals surface area contributed by atoms with Gasteiger partial charge in [-0.2, -0.15) is 4.98 Å². The van der Waals surface area contributed by atoms with Crippen molar-refractivity contribution >= 4 is 0 Å². The number of nitrogens with two attached hydrogens (primary N) is 1. The highest BCUT2D eigenvalue weighted by Crippen LogP contribution is 2.17. The van der Waals surface area contributed by atoms with Crippen molar-refractivity contribution < 1.29 is 9.26 Å². The maximum atomic E-state index is 5.81. The van der Waals surface area contributed by atoms with Crippen molar-refractivity contribution in [1.29, 1.82) is 0 Å². The van der Waals surface area contributed by atoms with Crippen LogP contribution in [0, 0.1) is 0 Å². The first-order chi connectivity index (χ1) is 7.79. The van der Waals surface area contributed by atoms with Gasteiger partial charge in [-0.25, -0.2) is 0 Å². The van der Waals surface area contributed by atoms with Crippen LogP contribution in [0.3, 0.4) is 0 Å².